The standard InChI is InChI=1S/C14H10BrClN2O2S/c1-7-3-11(8(2)19-7)13-17-18-14(20-13)12(16)5-10-4-9(15)6-21-10/h3-6H,1-2H3/b12-5-. The number of furan rings is 1. The molecule has 21 heavy (non-hydrogen) atoms. The molecule has 0 radical (unpaired) electrons. The van der Waals surface area contributed by atoms with Crippen molar-refractivity contribution in [1.29, 1.82) is 0 Å². The summed E-state index contributed by atoms with van der Waals surface area (Å²) in [7, 11) is 0. The molecule has 0 aliphatic rings. The lowest BCUT2D eigenvalue weighted by Crippen LogP contribution is -1.77. The third kappa shape index (κ3) is 3.12. The summed E-state index contributed by atoms with van der Waals surface area (Å²) in [5, 5.41) is 10.4. The number of nitrogens with zero attached hydrogens (tertiary/aromatic N) is 2. The fourth-order valence-electron chi connectivity index (χ4n) is 1.86. The quantitative estimate of drug-likeness (QED) is 0.596. The van der Waals surface area contributed by atoms with Gasteiger partial charge >= 0.3 is 0 Å². The Balaban J connectivity index is 1.91. The van der Waals surface area contributed by atoms with Crippen molar-refractivity contribution >= 4 is 50.0 Å². The van der Waals surface area contributed by atoms with E-state index in [9.17, 15) is 0 Å². The average Bonchev–Trinajstić information content (AvgIpc) is 3.10. The fraction of sp³-hybridized carbons (Fsp3) is 0.143. The van der Waals surface area contributed by atoms with Crippen LogP contribution in [0.25, 0.3) is 22.6 Å². The van der Waals surface area contributed by atoms with Crippen molar-refractivity contribution in [2.24, 2.45) is 0 Å². The van der Waals surface area contributed by atoms with Crippen molar-refractivity contribution in [2.45, 2.75) is 13.8 Å². The van der Waals surface area contributed by atoms with Crippen LogP contribution in [0, 0.1) is 13.8 Å². The highest BCUT2D eigenvalue weighted by Gasteiger charge is 2.16. The molecule has 3 heterocycles. The van der Waals surface area contributed by atoms with E-state index < -0.39 is 0 Å². The maximum Gasteiger partial charge on any atom is 0.259 e. The van der Waals surface area contributed by atoms with Gasteiger partial charge in [-0.1, -0.05) is 11.6 Å². The molecule has 3 aromatic heterocycles. The molecule has 7 heteroatoms. The molecule has 0 saturated carbocycles. The molecule has 0 atom stereocenters. The maximum atomic E-state index is 6.23. The smallest absolute Gasteiger partial charge is 0.259 e. The molecule has 0 aliphatic heterocycles. The highest BCUT2D eigenvalue weighted by Crippen LogP contribution is 2.30. The molecule has 0 N–H and O–H groups in total. The number of hydrogen-bond acceptors (Lipinski definition) is 5. The predicted molar refractivity (Wildman–Crippen MR) is 87.2 cm³/mol. The van der Waals surface area contributed by atoms with Crippen LogP contribution in [0.5, 0.6) is 0 Å². The monoisotopic (exact) mass is 384 g/mol. The third-order valence-electron chi connectivity index (χ3n) is 2.76. The first-order chi connectivity index (χ1) is 10.0. The van der Waals surface area contributed by atoms with Crippen LogP contribution in [0.4, 0.5) is 0 Å². The average molecular weight is 386 g/mol. The second-order valence-electron chi connectivity index (χ2n) is 4.40. The van der Waals surface area contributed by atoms with Gasteiger partial charge in [0.1, 0.15) is 16.6 Å². The summed E-state index contributed by atoms with van der Waals surface area (Å²) < 4.78 is 12.1. The van der Waals surface area contributed by atoms with Gasteiger partial charge in [0, 0.05) is 14.7 Å². The minimum absolute atomic E-state index is 0.287. The maximum absolute atomic E-state index is 6.23. The molecular formula is C14H10BrClN2O2S. The number of hydrogen-bond donors (Lipinski definition) is 0. The van der Waals surface area contributed by atoms with Gasteiger partial charge in [-0.3, -0.25) is 0 Å². The van der Waals surface area contributed by atoms with E-state index in [1.807, 2.05) is 31.4 Å². The van der Waals surface area contributed by atoms with E-state index in [0.29, 0.717) is 10.9 Å². The largest absolute Gasteiger partial charge is 0.466 e. The Morgan fingerprint density at radius 1 is 1.29 bits per heavy atom. The summed E-state index contributed by atoms with van der Waals surface area (Å²) in [6.45, 7) is 3.72. The zero-order valence-electron chi connectivity index (χ0n) is 11.2. The number of aromatic nitrogens is 2. The molecule has 0 saturated heterocycles. The zero-order chi connectivity index (χ0) is 15.0. The lowest BCUT2D eigenvalue weighted by molar-refractivity contribution is 0.502. The minimum Gasteiger partial charge on any atom is -0.466 e. The van der Waals surface area contributed by atoms with Crippen LogP contribution in [-0.4, -0.2) is 10.2 Å². The van der Waals surface area contributed by atoms with Crippen LogP contribution in [0.3, 0.4) is 0 Å². The van der Waals surface area contributed by atoms with E-state index in [0.717, 1.165) is 26.4 Å². The van der Waals surface area contributed by atoms with Crippen molar-refractivity contribution in [3.63, 3.8) is 0 Å². The molecule has 3 aromatic rings. The molecule has 3 rings (SSSR count). The summed E-state index contributed by atoms with van der Waals surface area (Å²) >= 11 is 11.2. The predicted octanol–water partition coefficient (Wildman–Crippen LogP) is 5.51. The lowest BCUT2D eigenvalue weighted by Gasteiger charge is -1.91. The van der Waals surface area contributed by atoms with Crippen LogP contribution < -0.4 is 0 Å². The molecule has 108 valence electrons. The fourth-order valence-corrected chi connectivity index (χ4v) is 3.50. The Morgan fingerprint density at radius 3 is 2.71 bits per heavy atom. The molecule has 0 bridgehead atoms. The Bertz CT molecular complexity index is 819. The van der Waals surface area contributed by atoms with Gasteiger partial charge in [-0.2, -0.15) is 0 Å². The molecule has 0 unspecified atom stereocenters. The zero-order valence-corrected chi connectivity index (χ0v) is 14.3. The SMILES string of the molecule is Cc1cc(-c2nnc(/C(Cl)=C/c3cc(Br)cs3)o2)c(C)o1. The molecule has 0 fully saturated rings. The van der Waals surface area contributed by atoms with Gasteiger partial charge in [0.05, 0.1) is 5.56 Å². The second kappa shape index (κ2) is 5.79. The van der Waals surface area contributed by atoms with Gasteiger partial charge in [-0.15, -0.1) is 21.5 Å². The first-order valence-corrected chi connectivity index (χ1v) is 8.10. The van der Waals surface area contributed by atoms with E-state index in [1.165, 1.54) is 0 Å². The van der Waals surface area contributed by atoms with Gasteiger partial charge in [0.25, 0.3) is 11.8 Å². The summed E-state index contributed by atoms with van der Waals surface area (Å²) in [6.07, 6.45) is 1.79. The van der Waals surface area contributed by atoms with Crippen molar-refractivity contribution < 1.29 is 8.83 Å². The van der Waals surface area contributed by atoms with Gasteiger partial charge in [0.15, 0.2) is 0 Å². The summed E-state index contributed by atoms with van der Waals surface area (Å²) in [5.74, 6) is 2.23. The lowest BCUT2D eigenvalue weighted by atomic mass is 10.2. The van der Waals surface area contributed by atoms with Crippen molar-refractivity contribution in [3.8, 4) is 11.5 Å². The minimum atomic E-state index is 0.287. The van der Waals surface area contributed by atoms with Gasteiger partial charge in [-0.25, -0.2) is 0 Å². The van der Waals surface area contributed by atoms with E-state index in [1.54, 1.807) is 17.4 Å². The molecule has 0 amide bonds. The van der Waals surface area contributed by atoms with E-state index >= 15 is 0 Å². The van der Waals surface area contributed by atoms with Crippen molar-refractivity contribution in [1.82, 2.24) is 10.2 Å². The third-order valence-corrected chi connectivity index (χ3v) is 4.67. The van der Waals surface area contributed by atoms with Crippen molar-refractivity contribution in [3.05, 3.63) is 44.3 Å². The van der Waals surface area contributed by atoms with E-state index in [2.05, 4.69) is 26.1 Å². The number of halogens is 2. The second-order valence-corrected chi connectivity index (χ2v) is 6.66. The highest BCUT2D eigenvalue weighted by molar-refractivity contribution is 9.10. The van der Waals surface area contributed by atoms with Gasteiger partial charge in [0.2, 0.25) is 0 Å². The van der Waals surface area contributed by atoms with Gasteiger partial charge < -0.3 is 8.83 Å². The Morgan fingerprint density at radius 2 is 2.10 bits per heavy atom. The van der Waals surface area contributed by atoms with Crippen LogP contribution >= 0.6 is 38.9 Å². The van der Waals surface area contributed by atoms with Gasteiger partial charge in [-0.05, 0) is 48.0 Å². The van der Waals surface area contributed by atoms with Crippen LogP contribution in [-0.2, 0) is 0 Å². The summed E-state index contributed by atoms with van der Waals surface area (Å²) in [6, 6.07) is 3.83. The Kier molecular flexibility index (Phi) is 4.01. The summed E-state index contributed by atoms with van der Waals surface area (Å²) in [4.78, 5) is 1.00. The molecule has 0 spiro atoms. The molecular weight excluding hydrogens is 376 g/mol. The van der Waals surface area contributed by atoms with E-state index in [4.69, 9.17) is 20.4 Å². The Labute approximate surface area is 138 Å². The summed E-state index contributed by atoms with van der Waals surface area (Å²) in [5.41, 5.74) is 0.787. The number of rotatable bonds is 3. The molecule has 0 aromatic carbocycles. The highest BCUT2D eigenvalue weighted by atomic mass is 79.9. The normalized spacial score (nSPS) is 12.1. The first-order valence-electron chi connectivity index (χ1n) is 6.05. The van der Waals surface area contributed by atoms with Crippen molar-refractivity contribution in [2.75, 3.05) is 0 Å². The first kappa shape index (κ1) is 14.6. The van der Waals surface area contributed by atoms with Crippen LogP contribution in [0.2, 0.25) is 0 Å². The topological polar surface area (TPSA) is 52.1 Å². The van der Waals surface area contributed by atoms with Crippen LogP contribution in [0.15, 0.2) is 30.8 Å². The van der Waals surface area contributed by atoms with E-state index in [-0.39, 0.29) is 5.89 Å². The Hall–Kier alpha value is -1.37. The number of aryl methyl sites for hydroxylation is 2. The molecule has 4 nitrogen and oxygen atoms in total. The number of thiophene rings is 1. The molecule has 0 aliphatic carbocycles. The van der Waals surface area contributed by atoms with Crippen LogP contribution in [0.1, 0.15) is 22.3 Å².